The molecule has 1 aliphatic rings. The Morgan fingerprint density at radius 3 is 1.96 bits per heavy atom. The van der Waals surface area contributed by atoms with Crippen molar-refractivity contribution in [2.45, 2.75) is 57.7 Å². The second-order valence-electron chi connectivity index (χ2n) is 8.01. The summed E-state index contributed by atoms with van der Waals surface area (Å²) in [6.45, 7) is 8.08. The normalized spacial score (nSPS) is 20.2. The van der Waals surface area contributed by atoms with Gasteiger partial charge in [0.15, 0.2) is 0 Å². The van der Waals surface area contributed by atoms with E-state index in [0.29, 0.717) is 11.4 Å². The fourth-order valence-corrected chi connectivity index (χ4v) is 4.49. The Morgan fingerprint density at radius 2 is 1.52 bits per heavy atom. The molecule has 140 valence electrons. The quantitative estimate of drug-likeness (QED) is 0.762. The van der Waals surface area contributed by atoms with Gasteiger partial charge in [0.2, 0.25) is 10.0 Å². The first kappa shape index (κ1) is 19.5. The number of nitrogens with one attached hydrogen (secondary N) is 2. The van der Waals surface area contributed by atoms with E-state index in [9.17, 15) is 13.2 Å². The van der Waals surface area contributed by atoms with Crippen LogP contribution >= 0.6 is 0 Å². The van der Waals surface area contributed by atoms with Crippen molar-refractivity contribution in [1.82, 2.24) is 4.90 Å². The predicted octanol–water partition coefficient (Wildman–Crippen LogP) is 2.57. The zero-order chi connectivity index (χ0) is 19.0. The first-order valence-electron chi connectivity index (χ1n) is 8.25. The summed E-state index contributed by atoms with van der Waals surface area (Å²) < 4.78 is 24.9. The van der Waals surface area contributed by atoms with E-state index in [0.717, 1.165) is 19.1 Å². The van der Waals surface area contributed by atoms with Crippen molar-refractivity contribution in [2.24, 2.45) is 5.73 Å². The Balaban J connectivity index is 2.15. The third-order valence-electron chi connectivity index (χ3n) is 4.38. The average molecular weight is 369 g/mol. The third-order valence-corrected chi connectivity index (χ3v) is 4.98. The summed E-state index contributed by atoms with van der Waals surface area (Å²) >= 11 is 0. The number of hydrogen-bond donors (Lipinski definition) is 3. The number of urea groups is 1. The summed E-state index contributed by atoms with van der Waals surface area (Å²) in [6.07, 6.45) is 2.57. The largest absolute Gasteiger partial charge is 0.328 e. The van der Waals surface area contributed by atoms with Crippen LogP contribution in [-0.2, 0) is 10.0 Å². The number of amides is 2. The maximum Gasteiger partial charge on any atom is 0.322 e. The van der Waals surface area contributed by atoms with Gasteiger partial charge in [0.25, 0.3) is 0 Å². The maximum absolute atomic E-state index is 12.9. The molecule has 25 heavy (non-hydrogen) atoms. The Labute approximate surface area is 150 Å². The lowest BCUT2D eigenvalue weighted by Crippen LogP contribution is -2.66. The van der Waals surface area contributed by atoms with Gasteiger partial charge in [-0.25, -0.2) is 13.2 Å². The summed E-state index contributed by atoms with van der Waals surface area (Å²) in [5.41, 5.74) is 6.49. The lowest BCUT2D eigenvalue weighted by molar-refractivity contribution is 0.00876. The molecule has 4 N–H and O–H groups in total. The average Bonchev–Trinajstić information content (AvgIpc) is 2.35. The van der Waals surface area contributed by atoms with Gasteiger partial charge >= 0.3 is 6.03 Å². The van der Waals surface area contributed by atoms with Crippen LogP contribution in [0.1, 0.15) is 40.5 Å². The van der Waals surface area contributed by atoms with E-state index < -0.39 is 10.0 Å². The maximum atomic E-state index is 12.9. The number of rotatable bonds is 3. The van der Waals surface area contributed by atoms with Crippen LogP contribution in [0.4, 0.5) is 16.2 Å². The molecule has 0 atom stereocenters. The van der Waals surface area contributed by atoms with Crippen LogP contribution in [0.3, 0.4) is 0 Å². The minimum Gasteiger partial charge on any atom is -0.328 e. The fraction of sp³-hybridized carbons (Fsp3) is 0.588. The summed E-state index contributed by atoms with van der Waals surface area (Å²) in [5.74, 6) is 0. The molecule has 1 aromatic rings. The van der Waals surface area contributed by atoms with E-state index in [4.69, 9.17) is 5.73 Å². The molecule has 1 heterocycles. The van der Waals surface area contributed by atoms with Gasteiger partial charge in [0.05, 0.1) is 6.26 Å². The lowest BCUT2D eigenvalue weighted by atomic mass is 9.77. The number of nitrogens with two attached hydrogens (primary N) is 1. The van der Waals surface area contributed by atoms with Crippen molar-refractivity contribution in [3.63, 3.8) is 0 Å². The zero-order valence-electron chi connectivity index (χ0n) is 15.5. The highest BCUT2D eigenvalue weighted by molar-refractivity contribution is 7.92. The molecule has 0 aliphatic carbocycles. The third kappa shape index (κ3) is 4.85. The van der Waals surface area contributed by atoms with E-state index in [-0.39, 0.29) is 23.2 Å². The standard InChI is InChI=1S/C17H28N4O3S/c1-16(2)10-12(18)11-17(3,4)21(16)15(22)19-13-6-8-14(9-7-13)20-25(5,23)24/h6-9,12,20H,10-11,18H2,1-5H3,(H,19,22). The molecule has 1 aromatic carbocycles. The number of nitrogens with zero attached hydrogens (tertiary/aromatic N) is 1. The number of anilines is 2. The smallest absolute Gasteiger partial charge is 0.322 e. The van der Waals surface area contributed by atoms with Crippen LogP contribution in [0.2, 0.25) is 0 Å². The van der Waals surface area contributed by atoms with Crippen LogP contribution in [0.5, 0.6) is 0 Å². The minimum atomic E-state index is -3.32. The molecule has 7 nitrogen and oxygen atoms in total. The summed E-state index contributed by atoms with van der Waals surface area (Å²) in [7, 11) is -3.32. The molecule has 0 unspecified atom stereocenters. The Morgan fingerprint density at radius 1 is 1.08 bits per heavy atom. The molecule has 0 saturated carbocycles. The number of sulfonamides is 1. The van der Waals surface area contributed by atoms with Crippen molar-refractivity contribution in [2.75, 3.05) is 16.3 Å². The van der Waals surface area contributed by atoms with E-state index in [2.05, 4.69) is 10.0 Å². The number of carbonyl (C=O) groups excluding carboxylic acids is 1. The highest BCUT2D eigenvalue weighted by Gasteiger charge is 2.46. The van der Waals surface area contributed by atoms with Crippen LogP contribution < -0.4 is 15.8 Å². The molecule has 1 saturated heterocycles. The van der Waals surface area contributed by atoms with E-state index in [1.54, 1.807) is 24.3 Å². The topological polar surface area (TPSA) is 105 Å². The predicted molar refractivity (Wildman–Crippen MR) is 101 cm³/mol. The molecule has 2 rings (SSSR count). The summed E-state index contributed by atoms with van der Waals surface area (Å²) in [4.78, 5) is 14.7. The van der Waals surface area contributed by atoms with Gasteiger partial charge in [-0.1, -0.05) is 0 Å². The van der Waals surface area contributed by atoms with Crippen molar-refractivity contribution < 1.29 is 13.2 Å². The molecular formula is C17H28N4O3S. The number of benzene rings is 1. The zero-order valence-corrected chi connectivity index (χ0v) is 16.3. The number of likely N-dealkylation sites (tertiary alicyclic amines) is 1. The molecule has 0 bridgehead atoms. The second kappa shape index (κ2) is 6.49. The first-order chi connectivity index (χ1) is 11.3. The molecular weight excluding hydrogens is 340 g/mol. The molecule has 0 radical (unpaired) electrons. The van der Waals surface area contributed by atoms with Crippen molar-refractivity contribution in [1.29, 1.82) is 0 Å². The van der Waals surface area contributed by atoms with E-state index in [1.165, 1.54) is 0 Å². The van der Waals surface area contributed by atoms with Gasteiger partial charge < -0.3 is 16.0 Å². The van der Waals surface area contributed by atoms with Gasteiger partial charge in [-0.15, -0.1) is 0 Å². The van der Waals surface area contributed by atoms with Gasteiger partial charge in [-0.2, -0.15) is 0 Å². The van der Waals surface area contributed by atoms with Crippen LogP contribution in [0.15, 0.2) is 24.3 Å². The first-order valence-corrected chi connectivity index (χ1v) is 10.1. The van der Waals surface area contributed by atoms with E-state index >= 15 is 0 Å². The SMILES string of the molecule is CC1(C)CC(N)CC(C)(C)N1C(=O)Nc1ccc(NS(C)(=O)=O)cc1. The number of carbonyl (C=O) groups is 1. The van der Waals surface area contributed by atoms with E-state index in [1.807, 2.05) is 32.6 Å². The van der Waals surface area contributed by atoms with Crippen molar-refractivity contribution in [3.8, 4) is 0 Å². The fourth-order valence-electron chi connectivity index (χ4n) is 3.92. The minimum absolute atomic E-state index is 0.0652. The van der Waals surface area contributed by atoms with Crippen molar-refractivity contribution >= 4 is 27.4 Å². The van der Waals surface area contributed by atoms with Crippen LogP contribution in [-0.4, -0.2) is 42.7 Å². The Bertz CT molecular complexity index is 724. The number of piperidine rings is 1. The highest BCUT2D eigenvalue weighted by atomic mass is 32.2. The van der Waals surface area contributed by atoms with Crippen molar-refractivity contribution in [3.05, 3.63) is 24.3 Å². The molecule has 1 aliphatic heterocycles. The summed E-state index contributed by atoms with van der Waals surface area (Å²) in [5, 5.41) is 2.90. The summed E-state index contributed by atoms with van der Waals surface area (Å²) in [6, 6.07) is 6.43. The van der Waals surface area contributed by atoms with Crippen LogP contribution in [0, 0.1) is 0 Å². The van der Waals surface area contributed by atoms with Gasteiger partial charge in [-0.3, -0.25) is 4.72 Å². The molecule has 0 spiro atoms. The van der Waals surface area contributed by atoms with Gasteiger partial charge in [0.1, 0.15) is 0 Å². The van der Waals surface area contributed by atoms with Gasteiger partial charge in [0, 0.05) is 28.5 Å². The highest BCUT2D eigenvalue weighted by Crippen LogP contribution is 2.38. The Hall–Kier alpha value is -1.80. The number of hydrogen-bond acceptors (Lipinski definition) is 4. The molecule has 1 fully saturated rings. The Kier molecular flexibility index (Phi) is 5.07. The lowest BCUT2D eigenvalue weighted by Gasteiger charge is -2.54. The molecule has 8 heteroatoms. The second-order valence-corrected chi connectivity index (χ2v) is 9.76. The van der Waals surface area contributed by atoms with Crippen LogP contribution in [0.25, 0.3) is 0 Å². The molecule has 2 amide bonds. The monoisotopic (exact) mass is 368 g/mol. The van der Waals surface area contributed by atoms with Gasteiger partial charge in [-0.05, 0) is 64.8 Å². The molecule has 0 aromatic heterocycles.